The fraction of sp³-hybridized carbons (Fsp3) is 0.262. The maximum atomic E-state index is 13.6. The molecule has 1 atom stereocenters. The lowest BCUT2D eigenvalue weighted by Crippen LogP contribution is -2.32. The van der Waals surface area contributed by atoms with Crippen LogP contribution in [-0.2, 0) is 27.5 Å². The molecule has 0 radical (unpaired) electrons. The summed E-state index contributed by atoms with van der Waals surface area (Å²) in [6.45, 7) is 13.4. The number of thiocarbonyl (C=S) groups is 1. The van der Waals surface area contributed by atoms with Gasteiger partial charge in [0.2, 0.25) is 0 Å². The molecule has 3 aromatic heterocycles. The second-order valence-corrected chi connectivity index (χ2v) is 15.6. The molecule has 2 aromatic carbocycles. The van der Waals surface area contributed by atoms with Crippen molar-refractivity contribution >= 4 is 40.2 Å². The van der Waals surface area contributed by atoms with Crippen molar-refractivity contribution in [1.82, 2.24) is 20.3 Å². The third kappa shape index (κ3) is 5.12. The molecule has 6 heterocycles. The van der Waals surface area contributed by atoms with Crippen molar-refractivity contribution in [3.8, 4) is 0 Å². The van der Waals surface area contributed by atoms with Gasteiger partial charge in [-0.15, -0.1) is 0 Å². The second-order valence-electron chi connectivity index (χ2n) is 15.2. The summed E-state index contributed by atoms with van der Waals surface area (Å²) in [5.74, 6) is -0.0480. The SMILES string of the molecule is CC1(C)C2=N/C(=C(/c3ccc(N4C(=O)[C@H](Cc5ccccc5)NC4=S)cc3)c3ccc([nH]3)C(C)(C)c3ccc([nH]3)C(C)(C)c3ccc1[nH]3)C=C2. The molecule has 8 heteroatoms. The number of rotatable bonds is 4. The van der Waals surface area contributed by atoms with Gasteiger partial charge in [-0.3, -0.25) is 14.7 Å². The van der Waals surface area contributed by atoms with Crippen molar-refractivity contribution < 1.29 is 4.79 Å². The molecule has 0 saturated carbocycles. The lowest BCUT2D eigenvalue weighted by molar-refractivity contribution is -0.118. The van der Waals surface area contributed by atoms with Crippen LogP contribution in [0.3, 0.4) is 0 Å². The van der Waals surface area contributed by atoms with Crippen LogP contribution in [0.15, 0.2) is 114 Å². The predicted octanol–water partition coefficient (Wildman–Crippen LogP) is 8.22. The Morgan fingerprint density at radius 1 is 0.680 bits per heavy atom. The van der Waals surface area contributed by atoms with E-state index in [4.69, 9.17) is 17.2 Å². The monoisotopic (exact) mass is 678 g/mol. The Morgan fingerprint density at radius 2 is 1.24 bits per heavy atom. The summed E-state index contributed by atoms with van der Waals surface area (Å²) >= 11 is 5.67. The Morgan fingerprint density at radius 3 is 1.86 bits per heavy atom. The van der Waals surface area contributed by atoms with Crippen molar-refractivity contribution in [1.29, 1.82) is 0 Å². The first-order chi connectivity index (χ1) is 23.8. The number of carbonyl (C=O) groups excluding carboxylic acids is 1. The first kappa shape index (κ1) is 32.0. The van der Waals surface area contributed by atoms with Gasteiger partial charge >= 0.3 is 0 Å². The van der Waals surface area contributed by atoms with E-state index in [1.165, 1.54) is 0 Å². The van der Waals surface area contributed by atoms with Gasteiger partial charge in [-0.2, -0.15) is 0 Å². The lowest BCUT2D eigenvalue weighted by Gasteiger charge is -2.27. The number of allylic oxidation sites excluding steroid dienone is 2. The maximum Gasteiger partial charge on any atom is 0.256 e. The van der Waals surface area contributed by atoms with Gasteiger partial charge in [0.1, 0.15) is 6.04 Å². The Labute approximate surface area is 298 Å². The summed E-state index contributed by atoms with van der Waals surface area (Å²) in [4.78, 5) is 31.8. The van der Waals surface area contributed by atoms with Gasteiger partial charge in [0.25, 0.3) is 5.91 Å². The number of benzene rings is 2. The molecular weight excluding hydrogens is 637 g/mol. The molecule has 1 fully saturated rings. The molecule has 7 nitrogen and oxygen atoms in total. The molecule has 5 aromatic rings. The molecule has 0 spiro atoms. The van der Waals surface area contributed by atoms with E-state index in [0.717, 1.165) is 68.0 Å². The lowest BCUT2D eigenvalue weighted by atomic mass is 9.84. The number of nitrogens with zero attached hydrogens (tertiary/aromatic N) is 2. The number of fused-ring (bicyclic) bond motifs is 7. The Hall–Kier alpha value is -5.21. The van der Waals surface area contributed by atoms with Gasteiger partial charge in [-0.1, -0.05) is 42.5 Å². The molecule has 1 saturated heterocycles. The number of H-pyrrole nitrogens is 3. The summed E-state index contributed by atoms with van der Waals surface area (Å²) in [6, 6.07) is 30.8. The first-order valence-electron chi connectivity index (χ1n) is 17.2. The highest BCUT2D eigenvalue weighted by atomic mass is 32.1. The zero-order valence-electron chi connectivity index (χ0n) is 29.3. The molecule has 0 aliphatic carbocycles. The number of hydrogen-bond donors (Lipinski definition) is 4. The van der Waals surface area contributed by atoms with Gasteiger partial charge < -0.3 is 20.3 Å². The van der Waals surface area contributed by atoms with Crippen LogP contribution in [0.5, 0.6) is 0 Å². The summed E-state index contributed by atoms with van der Waals surface area (Å²) in [5, 5.41) is 3.66. The van der Waals surface area contributed by atoms with Crippen molar-refractivity contribution in [2.75, 3.05) is 4.90 Å². The zero-order chi connectivity index (χ0) is 35.0. The van der Waals surface area contributed by atoms with Crippen LogP contribution < -0.4 is 10.2 Å². The number of hydrogen-bond acceptors (Lipinski definition) is 3. The average molecular weight is 679 g/mol. The van der Waals surface area contributed by atoms with Crippen LogP contribution in [0.25, 0.3) is 5.57 Å². The van der Waals surface area contributed by atoms with Crippen LogP contribution in [0.2, 0.25) is 0 Å². The molecule has 0 unspecified atom stereocenters. The first-order valence-corrected chi connectivity index (χ1v) is 17.6. The molecule has 252 valence electrons. The fourth-order valence-corrected chi connectivity index (χ4v) is 7.75. The Balaban J connectivity index is 1.21. The fourth-order valence-electron chi connectivity index (χ4n) is 7.41. The van der Waals surface area contributed by atoms with Gasteiger partial charge in [0, 0.05) is 62.4 Å². The van der Waals surface area contributed by atoms with Gasteiger partial charge in [-0.05, 0) is 126 Å². The van der Waals surface area contributed by atoms with Crippen LogP contribution in [0.4, 0.5) is 5.69 Å². The maximum absolute atomic E-state index is 13.6. The zero-order valence-corrected chi connectivity index (χ0v) is 30.1. The van der Waals surface area contributed by atoms with E-state index >= 15 is 0 Å². The smallest absolute Gasteiger partial charge is 0.256 e. The quantitative estimate of drug-likeness (QED) is 0.144. The minimum Gasteiger partial charge on any atom is -0.361 e. The molecule has 3 aliphatic heterocycles. The molecule has 8 rings (SSSR count). The summed E-state index contributed by atoms with van der Waals surface area (Å²) in [6.07, 6.45) is 4.83. The van der Waals surface area contributed by atoms with Crippen LogP contribution >= 0.6 is 12.2 Å². The standard InChI is InChI=1S/C42H42N6OS/c1-40(2)31-18-16-28(43-31)37(26-12-14-27(15-13-26)48-38(49)30(45-39(48)50)24-25-10-8-7-9-11-25)29-17-19-32(44-29)41(3,4)34-21-23-36(47-34)42(5,6)35-22-20-33(40)46-35/h7-23,30,43,46-47H,24H2,1-6H3,(H,45,50)/b37-29-/t30-/m0/s1. The van der Waals surface area contributed by atoms with E-state index < -0.39 is 6.04 Å². The second kappa shape index (κ2) is 11.4. The van der Waals surface area contributed by atoms with Gasteiger partial charge in [0.05, 0.1) is 17.1 Å². The van der Waals surface area contributed by atoms with E-state index in [1.54, 1.807) is 4.90 Å². The van der Waals surface area contributed by atoms with Gasteiger partial charge in [0.15, 0.2) is 5.11 Å². The van der Waals surface area contributed by atoms with Crippen LogP contribution in [-0.4, -0.2) is 37.7 Å². The number of carbonyl (C=O) groups is 1. The largest absolute Gasteiger partial charge is 0.361 e. The van der Waals surface area contributed by atoms with Crippen molar-refractivity contribution in [2.24, 2.45) is 4.99 Å². The molecule has 50 heavy (non-hydrogen) atoms. The number of aliphatic imine (C=N–C) groups is 1. The highest BCUT2D eigenvalue weighted by Crippen LogP contribution is 2.40. The summed E-state index contributed by atoms with van der Waals surface area (Å²) < 4.78 is 0. The van der Waals surface area contributed by atoms with E-state index in [1.807, 2.05) is 42.5 Å². The van der Waals surface area contributed by atoms with Crippen molar-refractivity contribution in [3.05, 3.63) is 154 Å². The summed E-state index contributed by atoms with van der Waals surface area (Å²) in [7, 11) is 0. The number of anilines is 1. The van der Waals surface area contributed by atoms with Crippen molar-refractivity contribution in [3.63, 3.8) is 0 Å². The minimum atomic E-state index is -0.402. The Bertz CT molecular complexity index is 2240. The molecule has 3 aliphatic rings. The highest BCUT2D eigenvalue weighted by molar-refractivity contribution is 7.80. The normalized spacial score (nSPS) is 21.8. The van der Waals surface area contributed by atoms with E-state index in [0.29, 0.717) is 11.5 Å². The predicted molar refractivity (Wildman–Crippen MR) is 206 cm³/mol. The third-order valence-corrected chi connectivity index (χ3v) is 11.2. The number of aromatic amines is 3. The minimum absolute atomic E-state index is 0.0480. The topological polar surface area (TPSA) is 92.1 Å². The average Bonchev–Trinajstić information content (AvgIpc) is 3.93. The molecule has 1 amide bonds. The van der Waals surface area contributed by atoms with E-state index in [2.05, 4.69) is 122 Å². The van der Waals surface area contributed by atoms with Crippen molar-refractivity contribution in [2.45, 2.75) is 70.3 Å². The number of nitrogens with one attached hydrogen (secondary N) is 4. The van der Waals surface area contributed by atoms with Crippen LogP contribution in [0, 0.1) is 0 Å². The molecule has 4 N–H and O–H groups in total. The Kier molecular flexibility index (Phi) is 7.31. The van der Waals surface area contributed by atoms with E-state index in [9.17, 15) is 4.79 Å². The number of amides is 1. The van der Waals surface area contributed by atoms with Crippen LogP contribution in [0.1, 0.15) is 86.8 Å². The molecular formula is C42H42N6OS. The number of aromatic nitrogens is 3. The van der Waals surface area contributed by atoms with Gasteiger partial charge in [-0.25, -0.2) is 0 Å². The highest BCUT2D eigenvalue weighted by Gasteiger charge is 2.38. The summed E-state index contributed by atoms with van der Waals surface area (Å²) in [5.41, 5.74) is 11.4. The molecule has 8 bridgehead atoms. The third-order valence-electron chi connectivity index (χ3n) is 10.9. The van der Waals surface area contributed by atoms with E-state index in [-0.39, 0.29) is 22.2 Å².